The molecule has 1 aromatic carbocycles. The molecule has 0 amide bonds. The Morgan fingerprint density at radius 1 is 1.53 bits per heavy atom. The van der Waals surface area contributed by atoms with E-state index in [4.69, 9.17) is 22.1 Å². The normalized spacial score (nSPS) is 13.7. The van der Waals surface area contributed by atoms with Crippen LogP contribution >= 0.6 is 23.4 Å². The lowest BCUT2D eigenvalue weighted by atomic mass is 10.2. The predicted octanol–water partition coefficient (Wildman–Crippen LogP) is 2.92. The molecule has 0 aliphatic heterocycles. The first kappa shape index (κ1) is 14.4. The lowest BCUT2D eigenvalue weighted by molar-refractivity contribution is 0.186. The van der Waals surface area contributed by atoms with Crippen LogP contribution in [0.3, 0.4) is 0 Å². The van der Waals surface area contributed by atoms with Crippen molar-refractivity contribution in [1.29, 1.82) is 0 Å². The average Bonchev–Trinajstić information content (AvgIpc) is 2.28. The highest BCUT2D eigenvalue weighted by Gasteiger charge is 2.03. The van der Waals surface area contributed by atoms with Crippen molar-refractivity contribution in [3.8, 4) is 0 Å². The molecule has 5 heteroatoms. The van der Waals surface area contributed by atoms with Gasteiger partial charge in [-0.15, -0.1) is 0 Å². The third-order valence-corrected chi connectivity index (χ3v) is 3.31. The SMILES string of the molecule is COC[C@@H](C)N=C(N)SCc1ccccc1Cl. The van der Waals surface area contributed by atoms with E-state index >= 15 is 0 Å². The van der Waals surface area contributed by atoms with Gasteiger partial charge < -0.3 is 10.5 Å². The number of thioether (sulfide) groups is 1. The molecule has 0 aliphatic carbocycles. The fraction of sp³-hybridized carbons (Fsp3) is 0.417. The summed E-state index contributed by atoms with van der Waals surface area (Å²) in [5.74, 6) is 0.731. The Balaban J connectivity index is 2.48. The second kappa shape index (κ2) is 7.58. The van der Waals surface area contributed by atoms with Gasteiger partial charge in [0, 0.05) is 17.9 Å². The van der Waals surface area contributed by atoms with E-state index in [1.54, 1.807) is 7.11 Å². The lowest BCUT2D eigenvalue weighted by Crippen LogP contribution is -2.15. The number of methoxy groups -OCH3 is 1. The summed E-state index contributed by atoms with van der Waals surface area (Å²) in [5, 5.41) is 1.33. The molecule has 0 unspecified atom stereocenters. The van der Waals surface area contributed by atoms with Crippen LogP contribution in [0.5, 0.6) is 0 Å². The number of halogens is 1. The first-order valence-corrected chi connectivity index (χ1v) is 6.68. The molecule has 0 radical (unpaired) electrons. The Morgan fingerprint density at radius 2 is 2.24 bits per heavy atom. The quantitative estimate of drug-likeness (QED) is 0.662. The number of nitrogens with zero attached hydrogens (tertiary/aromatic N) is 1. The molecule has 1 atom stereocenters. The van der Waals surface area contributed by atoms with Crippen molar-refractivity contribution in [2.45, 2.75) is 18.7 Å². The van der Waals surface area contributed by atoms with Gasteiger partial charge in [0.25, 0.3) is 0 Å². The van der Waals surface area contributed by atoms with Gasteiger partial charge in [-0.3, -0.25) is 4.99 Å². The molecule has 2 N–H and O–H groups in total. The maximum atomic E-state index is 6.05. The zero-order valence-electron chi connectivity index (χ0n) is 10.0. The van der Waals surface area contributed by atoms with Crippen LogP contribution in [0.25, 0.3) is 0 Å². The number of amidine groups is 1. The van der Waals surface area contributed by atoms with Gasteiger partial charge in [-0.25, -0.2) is 0 Å². The Hall–Kier alpha value is -0.710. The molecule has 1 rings (SSSR count). The molecule has 0 aliphatic rings. The molecular formula is C12H17ClN2OS. The number of hydrogen-bond acceptors (Lipinski definition) is 3. The van der Waals surface area contributed by atoms with Gasteiger partial charge in [0.15, 0.2) is 5.17 Å². The van der Waals surface area contributed by atoms with Crippen molar-refractivity contribution in [2.75, 3.05) is 13.7 Å². The van der Waals surface area contributed by atoms with Gasteiger partial charge in [-0.2, -0.15) is 0 Å². The minimum Gasteiger partial charge on any atom is -0.382 e. The van der Waals surface area contributed by atoms with Crippen molar-refractivity contribution in [2.24, 2.45) is 10.7 Å². The fourth-order valence-electron chi connectivity index (χ4n) is 1.30. The van der Waals surface area contributed by atoms with E-state index in [0.29, 0.717) is 11.8 Å². The van der Waals surface area contributed by atoms with E-state index in [0.717, 1.165) is 16.3 Å². The number of ether oxygens (including phenoxy) is 1. The fourth-order valence-corrected chi connectivity index (χ4v) is 2.39. The van der Waals surface area contributed by atoms with Gasteiger partial charge in [-0.05, 0) is 18.6 Å². The topological polar surface area (TPSA) is 47.6 Å². The minimum atomic E-state index is 0.0822. The van der Waals surface area contributed by atoms with Crippen LogP contribution in [0.15, 0.2) is 29.3 Å². The number of benzene rings is 1. The summed E-state index contributed by atoms with van der Waals surface area (Å²) >= 11 is 7.53. The van der Waals surface area contributed by atoms with Crippen molar-refractivity contribution in [3.05, 3.63) is 34.9 Å². The molecule has 0 bridgehead atoms. The third kappa shape index (κ3) is 5.44. The maximum absolute atomic E-state index is 6.05. The molecule has 1 aromatic rings. The van der Waals surface area contributed by atoms with Gasteiger partial charge in [-0.1, -0.05) is 41.6 Å². The van der Waals surface area contributed by atoms with Gasteiger partial charge in [0.2, 0.25) is 0 Å². The smallest absolute Gasteiger partial charge is 0.154 e. The Labute approximate surface area is 111 Å². The number of nitrogens with two attached hydrogens (primary N) is 1. The zero-order valence-corrected chi connectivity index (χ0v) is 11.6. The van der Waals surface area contributed by atoms with Crippen LogP contribution in [0.2, 0.25) is 5.02 Å². The summed E-state index contributed by atoms with van der Waals surface area (Å²) in [6.07, 6.45) is 0. The van der Waals surface area contributed by atoms with Crippen molar-refractivity contribution < 1.29 is 4.74 Å². The molecular weight excluding hydrogens is 256 g/mol. The van der Waals surface area contributed by atoms with Crippen LogP contribution < -0.4 is 5.73 Å². The summed E-state index contributed by atoms with van der Waals surface area (Å²) in [7, 11) is 1.65. The van der Waals surface area contributed by atoms with Gasteiger partial charge in [0.1, 0.15) is 0 Å². The summed E-state index contributed by atoms with van der Waals surface area (Å²) in [4.78, 5) is 4.30. The number of aliphatic imine (C=N–C) groups is 1. The second-order valence-corrected chi connectivity index (χ2v) is 5.05. The average molecular weight is 273 g/mol. The highest BCUT2D eigenvalue weighted by atomic mass is 35.5. The molecule has 94 valence electrons. The van der Waals surface area contributed by atoms with Crippen molar-refractivity contribution in [1.82, 2.24) is 0 Å². The first-order valence-electron chi connectivity index (χ1n) is 5.32. The monoisotopic (exact) mass is 272 g/mol. The van der Waals surface area contributed by atoms with Crippen LogP contribution in [0, 0.1) is 0 Å². The van der Waals surface area contributed by atoms with E-state index in [1.165, 1.54) is 11.8 Å². The summed E-state index contributed by atoms with van der Waals surface area (Å²) in [6.45, 7) is 2.54. The molecule has 0 spiro atoms. The molecule has 17 heavy (non-hydrogen) atoms. The summed E-state index contributed by atoms with van der Waals surface area (Å²) in [6, 6.07) is 7.82. The second-order valence-electron chi connectivity index (χ2n) is 3.65. The minimum absolute atomic E-state index is 0.0822. The standard InChI is InChI=1S/C12H17ClN2OS/c1-9(7-16-2)15-12(14)17-8-10-5-3-4-6-11(10)13/h3-6,9H,7-8H2,1-2H3,(H2,14,15)/t9-/m1/s1. The first-order chi connectivity index (χ1) is 8.13. The van der Waals surface area contributed by atoms with Crippen LogP contribution in [-0.4, -0.2) is 24.9 Å². The Bertz CT molecular complexity index is 385. The third-order valence-electron chi connectivity index (χ3n) is 2.09. The van der Waals surface area contributed by atoms with E-state index in [9.17, 15) is 0 Å². The molecule has 0 fully saturated rings. The van der Waals surface area contributed by atoms with Gasteiger partial charge >= 0.3 is 0 Å². The summed E-state index contributed by atoms with van der Waals surface area (Å²) < 4.78 is 4.99. The van der Waals surface area contributed by atoms with Crippen molar-refractivity contribution in [3.63, 3.8) is 0 Å². The van der Waals surface area contributed by atoms with E-state index < -0.39 is 0 Å². The highest BCUT2D eigenvalue weighted by Crippen LogP contribution is 2.20. The van der Waals surface area contributed by atoms with Crippen LogP contribution in [0.4, 0.5) is 0 Å². The van der Waals surface area contributed by atoms with Crippen molar-refractivity contribution >= 4 is 28.5 Å². The predicted molar refractivity (Wildman–Crippen MR) is 75.7 cm³/mol. The number of rotatable bonds is 5. The largest absolute Gasteiger partial charge is 0.382 e. The Morgan fingerprint density at radius 3 is 2.88 bits per heavy atom. The van der Waals surface area contributed by atoms with E-state index in [1.807, 2.05) is 31.2 Å². The zero-order chi connectivity index (χ0) is 12.7. The van der Waals surface area contributed by atoms with E-state index in [-0.39, 0.29) is 6.04 Å². The molecule has 0 heterocycles. The van der Waals surface area contributed by atoms with Gasteiger partial charge in [0.05, 0.1) is 12.6 Å². The van der Waals surface area contributed by atoms with E-state index in [2.05, 4.69) is 4.99 Å². The molecule has 3 nitrogen and oxygen atoms in total. The highest BCUT2D eigenvalue weighted by molar-refractivity contribution is 8.13. The maximum Gasteiger partial charge on any atom is 0.154 e. The molecule has 0 saturated heterocycles. The lowest BCUT2D eigenvalue weighted by Gasteiger charge is -2.07. The van der Waals surface area contributed by atoms with Crippen LogP contribution in [0.1, 0.15) is 12.5 Å². The molecule has 0 aromatic heterocycles. The van der Waals surface area contributed by atoms with Crippen LogP contribution in [-0.2, 0) is 10.5 Å². The number of hydrogen-bond donors (Lipinski definition) is 1. The summed E-state index contributed by atoms with van der Waals surface area (Å²) in [5.41, 5.74) is 6.88. The molecule has 0 saturated carbocycles. The Kier molecular flexibility index (Phi) is 6.40.